The molecule has 1 heterocycles. The minimum absolute atomic E-state index is 0.0531. The van der Waals surface area contributed by atoms with Crippen molar-refractivity contribution in [3.8, 4) is 5.75 Å². The summed E-state index contributed by atoms with van der Waals surface area (Å²) in [5.41, 5.74) is -0.205. The summed E-state index contributed by atoms with van der Waals surface area (Å²) in [6.45, 7) is 5.39. The molecule has 1 amide bonds. The molecule has 0 aliphatic rings. The second kappa shape index (κ2) is 7.33. The molecule has 0 saturated carbocycles. The maximum Gasteiger partial charge on any atom is 0.258 e. The van der Waals surface area contributed by atoms with Crippen molar-refractivity contribution in [3.63, 3.8) is 0 Å². The van der Waals surface area contributed by atoms with Crippen molar-refractivity contribution in [2.24, 2.45) is 0 Å². The van der Waals surface area contributed by atoms with Crippen molar-refractivity contribution in [2.45, 2.75) is 32.8 Å². The first-order valence-corrected chi connectivity index (χ1v) is 7.69. The van der Waals surface area contributed by atoms with Gasteiger partial charge in [0.15, 0.2) is 6.61 Å². The number of ether oxygens (including phenoxy) is 1. The Bertz CT molecular complexity index is 661. The predicted octanol–water partition coefficient (Wildman–Crippen LogP) is 2.55. The van der Waals surface area contributed by atoms with E-state index in [1.165, 1.54) is 0 Å². The third kappa shape index (κ3) is 4.60. The van der Waals surface area contributed by atoms with Crippen molar-refractivity contribution < 1.29 is 19.1 Å². The third-order valence-corrected chi connectivity index (χ3v) is 3.61. The van der Waals surface area contributed by atoms with Gasteiger partial charge >= 0.3 is 0 Å². The highest BCUT2D eigenvalue weighted by Gasteiger charge is 2.27. The lowest BCUT2D eigenvalue weighted by Crippen LogP contribution is -2.40. The van der Waals surface area contributed by atoms with E-state index in [1.54, 1.807) is 26.0 Å². The molecule has 0 saturated heterocycles. The first kappa shape index (κ1) is 17.1. The zero-order valence-electron chi connectivity index (χ0n) is 13.8. The topological polar surface area (TPSA) is 71.7 Å². The van der Waals surface area contributed by atoms with Crippen LogP contribution in [0.3, 0.4) is 0 Å². The van der Waals surface area contributed by atoms with Gasteiger partial charge in [0.05, 0.1) is 6.54 Å². The number of carbonyl (C=O) groups is 1. The lowest BCUT2D eigenvalue weighted by molar-refractivity contribution is -0.124. The van der Waals surface area contributed by atoms with Gasteiger partial charge in [-0.25, -0.2) is 0 Å². The number of rotatable bonds is 7. The van der Waals surface area contributed by atoms with Crippen LogP contribution in [0.1, 0.15) is 30.9 Å². The molecular weight excluding hydrogens is 294 g/mol. The van der Waals surface area contributed by atoms with E-state index in [-0.39, 0.29) is 19.1 Å². The predicted molar refractivity (Wildman–Crippen MR) is 87.3 cm³/mol. The molecule has 0 aliphatic carbocycles. The van der Waals surface area contributed by atoms with Crippen LogP contribution in [-0.2, 0) is 16.8 Å². The molecule has 1 atom stereocenters. The fraction of sp³-hybridized carbons (Fsp3) is 0.389. The van der Waals surface area contributed by atoms with Crippen LogP contribution in [0.4, 0.5) is 0 Å². The van der Waals surface area contributed by atoms with Crippen LogP contribution >= 0.6 is 0 Å². The molecule has 2 rings (SSSR count). The molecule has 0 bridgehead atoms. The van der Waals surface area contributed by atoms with E-state index in [0.717, 1.165) is 12.0 Å². The smallest absolute Gasteiger partial charge is 0.258 e. The number of benzene rings is 1. The van der Waals surface area contributed by atoms with Crippen LogP contribution in [0.5, 0.6) is 5.75 Å². The number of hydrogen-bond donors (Lipinski definition) is 2. The highest BCUT2D eigenvalue weighted by Crippen LogP contribution is 2.22. The Morgan fingerprint density at radius 1 is 1.30 bits per heavy atom. The summed E-state index contributed by atoms with van der Waals surface area (Å²) < 4.78 is 11.0. The van der Waals surface area contributed by atoms with Crippen LogP contribution in [-0.4, -0.2) is 24.2 Å². The highest BCUT2D eigenvalue weighted by atomic mass is 16.5. The lowest BCUT2D eigenvalue weighted by atomic mass is 10.0. The zero-order valence-corrected chi connectivity index (χ0v) is 13.8. The molecule has 2 aromatic rings. The number of aliphatic hydroxyl groups is 1. The summed E-state index contributed by atoms with van der Waals surface area (Å²) in [4.78, 5) is 11.9. The average Bonchev–Trinajstić information content (AvgIpc) is 2.98. The summed E-state index contributed by atoms with van der Waals surface area (Å²) in [6, 6.07) is 11.1. The number of furan rings is 1. The molecule has 23 heavy (non-hydrogen) atoms. The SMILES string of the molecule is CCc1ccccc1OCC(=O)NCC(C)(O)c1ccc(C)o1. The molecule has 1 unspecified atom stereocenters. The van der Waals surface area contributed by atoms with E-state index >= 15 is 0 Å². The van der Waals surface area contributed by atoms with Gasteiger partial charge < -0.3 is 19.6 Å². The molecule has 124 valence electrons. The van der Waals surface area contributed by atoms with Crippen molar-refractivity contribution in [2.75, 3.05) is 13.2 Å². The molecule has 0 aliphatic heterocycles. The number of aryl methyl sites for hydroxylation is 2. The largest absolute Gasteiger partial charge is 0.483 e. The van der Waals surface area contributed by atoms with E-state index in [4.69, 9.17) is 9.15 Å². The summed E-state index contributed by atoms with van der Waals surface area (Å²) >= 11 is 0. The van der Waals surface area contributed by atoms with Crippen LogP contribution in [0.15, 0.2) is 40.8 Å². The van der Waals surface area contributed by atoms with Crippen molar-refractivity contribution in [1.29, 1.82) is 0 Å². The number of carbonyl (C=O) groups excluding carboxylic acids is 1. The van der Waals surface area contributed by atoms with Gasteiger partial charge in [-0.3, -0.25) is 4.79 Å². The van der Waals surface area contributed by atoms with E-state index < -0.39 is 5.60 Å². The van der Waals surface area contributed by atoms with Crippen LogP contribution in [0.25, 0.3) is 0 Å². The molecule has 1 aromatic heterocycles. The Morgan fingerprint density at radius 3 is 2.70 bits per heavy atom. The number of amides is 1. The highest BCUT2D eigenvalue weighted by molar-refractivity contribution is 5.77. The van der Waals surface area contributed by atoms with Crippen LogP contribution < -0.4 is 10.1 Å². The van der Waals surface area contributed by atoms with Crippen molar-refractivity contribution >= 4 is 5.91 Å². The van der Waals surface area contributed by atoms with E-state index in [1.807, 2.05) is 31.2 Å². The van der Waals surface area contributed by atoms with Crippen molar-refractivity contribution in [1.82, 2.24) is 5.32 Å². The number of para-hydroxylation sites is 1. The van der Waals surface area contributed by atoms with Gasteiger partial charge in [0, 0.05) is 0 Å². The molecule has 2 N–H and O–H groups in total. The van der Waals surface area contributed by atoms with Gasteiger partial charge in [0.2, 0.25) is 0 Å². The molecule has 5 heteroatoms. The van der Waals surface area contributed by atoms with E-state index in [9.17, 15) is 9.90 Å². The first-order valence-electron chi connectivity index (χ1n) is 7.69. The zero-order chi connectivity index (χ0) is 16.9. The standard InChI is InChI=1S/C18H23NO4/c1-4-14-7-5-6-8-15(14)22-11-17(20)19-12-18(3,21)16-10-9-13(2)23-16/h5-10,21H,4,11-12H2,1-3H3,(H,19,20). The fourth-order valence-electron chi connectivity index (χ4n) is 2.21. The summed E-state index contributed by atoms with van der Waals surface area (Å²) in [5.74, 6) is 1.55. The minimum atomic E-state index is -1.26. The number of hydrogen-bond acceptors (Lipinski definition) is 4. The van der Waals surface area contributed by atoms with E-state index in [2.05, 4.69) is 5.32 Å². The average molecular weight is 317 g/mol. The molecule has 1 aromatic carbocycles. The Hall–Kier alpha value is -2.27. The second-order valence-electron chi connectivity index (χ2n) is 5.71. The second-order valence-corrected chi connectivity index (χ2v) is 5.71. The Morgan fingerprint density at radius 2 is 2.04 bits per heavy atom. The molecule has 0 spiro atoms. The van der Waals surface area contributed by atoms with Gasteiger partial charge in [-0.2, -0.15) is 0 Å². The normalized spacial score (nSPS) is 13.4. The van der Waals surface area contributed by atoms with E-state index in [0.29, 0.717) is 17.3 Å². The van der Waals surface area contributed by atoms with Gasteiger partial charge in [-0.15, -0.1) is 0 Å². The fourth-order valence-corrected chi connectivity index (χ4v) is 2.21. The summed E-state index contributed by atoms with van der Waals surface area (Å²) in [6.07, 6.45) is 0.838. The monoisotopic (exact) mass is 317 g/mol. The first-order chi connectivity index (χ1) is 10.9. The summed E-state index contributed by atoms with van der Waals surface area (Å²) in [5, 5.41) is 13.0. The van der Waals surface area contributed by atoms with Gasteiger partial charge in [0.1, 0.15) is 22.9 Å². The molecule has 5 nitrogen and oxygen atoms in total. The third-order valence-electron chi connectivity index (χ3n) is 3.61. The Balaban J connectivity index is 1.85. The van der Waals surface area contributed by atoms with Gasteiger partial charge in [-0.05, 0) is 44.0 Å². The Kier molecular flexibility index (Phi) is 5.45. The maximum absolute atomic E-state index is 11.9. The minimum Gasteiger partial charge on any atom is -0.483 e. The van der Waals surface area contributed by atoms with Gasteiger partial charge in [-0.1, -0.05) is 25.1 Å². The number of nitrogens with one attached hydrogen (secondary N) is 1. The molecule has 0 fully saturated rings. The van der Waals surface area contributed by atoms with Gasteiger partial charge in [0.25, 0.3) is 5.91 Å². The maximum atomic E-state index is 11.9. The summed E-state index contributed by atoms with van der Waals surface area (Å²) in [7, 11) is 0. The van der Waals surface area contributed by atoms with Crippen LogP contribution in [0, 0.1) is 6.92 Å². The van der Waals surface area contributed by atoms with Crippen molar-refractivity contribution in [3.05, 3.63) is 53.5 Å². The molecule has 0 radical (unpaired) electrons. The quantitative estimate of drug-likeness (QED) is 0.823. The lowest BCUT2D eigenvalue weighted by Gasteiger charge is -2.21. The molecular formula is C18H23NO4. The van der Waals surface area contributed by atoms with Crippen LogP contribution in [0.2, 0.25) is 0 Å². The Labute approximate surface area is 136 Å².